The van der Waals surface area contributed by atoms with E-state index in [-0.39, 0.29) is 43.0 Å². The minimum atomic E-state index is -3.54. The highest BCUT2D eigenvalue weighted by atomic mass is 32.2. The number of unbranched alkanes of at least 4 members (excludes halogenated alkanes) is 1. The lowest BCUT2D eigenvalue weighted by atomic mass is 9.89. The molecular weight excluding hydrogens is 615 g/mol. The number of thiophene rings is 1. The van der Waals surface area contributed by atoms with Crippen molar-refractivity contribution >= 4 is 37.4 Å². The minimum Gasteiger partial charge on any atom is -0.393 e. The maximum absolute atomic E-state index is 11.8. The summed E-state index contributed by atoms with van der Waals surface area (Å²) >= 11 is 1.73. The number of fused-ring (bicyclic) bond motifs is 1. The van der Waals surface area contributed by atoms with Gasteiger partial charge in [-0.25, -0.2) is 8.42 Å². The standard InChI is InChI=1S/C34H47NO8S2/c1-45(38,39)35-32(37)15-5-3-2-4-13-25-26(29(23-27(25)36)43-34-17-9-11-21-41-34)18-19-28(42-33-16-8-10-20-40-33)31-22-24-12-6-7-14-30(24)44-31/h2,4,6-7,12,14,18-19,22,25-29,33-34,36H,3,5,8-11,13,15-17,20-21,23H2,1H3,(H,35,37)/t25-,26-,27+,28-,29-,33?,34?/m1/s1. The van der Waals surface area contributed by atoms with E-state index in [1.807, 2.05) is 16.9 Å². The Bertz CT molecular complexity index is 1360. The van der Waals surface area contributed by atoms with Gasteiger partial charge in [0.25, 0.3) is 0 Å². The third-order valence-electron chi connectivity index (χ3n) is 8.67. The number of carbonyl (C=O) groups is 1. The van der Waals surface area contributed by atoms with Gasteiger partial charge >= 0.3 is 0 Å². The van der Waals surface area contributed by atoms with Crippen molar-refractivity contribution in [3.05, 3.63) is 59.5 Å². The Labute approximate surface area is 271 Å². The highest BCUT2D eigenvalue weighted by molar-refractivity contribution is 7.89. The van der Waals surface area contributed by atoms with Crippen LogP contribution in [0.1, 0.15) is 81.6 Å². The second-order valence-electron chi connectivity index (χ2n) is 12.3. The summed E-state index contributed by atoms with van der Waals surface area (Å²) in [5, 5.41) is 12.4. The summed E-state index contributed by atoms with van der Waals surface area (Å²) in [6.45, 7) is 1.40. The molecule has 1 aromatic carbocycles. The second kappa shape index (κ2) is 16.6. The first kappa shape index (κ1) is 34.2. The summed E-state index contributed by atoms with van der Waals surface area (Å²) in [4.78, 5) is 12.9. The molecule has 3 aliphatic rings. The van der Waals surface area contributed by atoms with Crippen LogP contribution in [0.2, 0.25) is 0 Å². The van der Waals surface area contributed by atoms with Crippen molar-refractivity contribution in [3.63, 3.8) is 0 Å². The molecule has 0 radical (unpaired) electrons. The summed E-state index contributed by atoms with van der Waals surface area (Å²) < 4.78 is 50.7. The first-order valence-electron chi connectivity index (χ1n) is 16.3. The molecule has 7 atom stereocenters. The molecule has 5 rings (SSSR count). The smallest absolute Gasteiger partial charge is 0.233 e. The SMILES string of the molecule is CS(=O)(=O)NC(=O)CCCC=CC[C@@H]1[C@@H](C=C[C@@H](OC2CCCCO2)c2cc3ccccc3s2)[C@H](OC2CCCCO2)C[C@@H]1O. The van der Waals surface area contributed by atoms with Crippen LogP contribution in [-0.2, 0) is 33.8 Å². The average Bonchev–Trinajstić information content (AvgIpc) is 3.57. The number of ether oxygens (including phenoxy) is 4. The van der Waals surface area contributed by atoms with Crippen molar-refractivity contribution in [1.82, 2.24) is 4.72 Å². The average molecular weight is 662 g/mol. The van der Waals surface area contributed by atoms with E-state index in [0.717, 1.165) is 49.7 Å². The molecule has 0 bridgehead atoms. The van der Waals surface area contributed by atoms with Gasteiger partial charge in [-0.1, -0.05) is 42.5 Å². The van der Waals surface area contributed by atoms with Crippen LogP contribution in [0.3, 0.4) is 0 Å². The van der Waals surface area contributed by atoms with E-state index in [1.54, 1.807) is 11.3 Å². The van der Waals surface area contributed by atoms with E-state index >= 15 is 0 Å². The van der Waals surface area contributed by atoms with E-state index < -0.39 is 22.0 Å². The van der Waals surface area contributed by atoms with E-state index in [0.29, 0.717) is 38.9 Å². The molecule has 1 aromatic heterocycles. The van der Waals surface area contributed by atoms with Gasteiger partial charge in [0.2, 0.25) is 15.9 Å². The van der Waals surface area contributed by atoms with Crippen molar-refractivity contribution in [3.8, 4) is 0 Å². The zero-order valence-electron chi connectivity index (χ0n) is 26.1. The molecule has 1 amide bonds. The second-order valence-corrected chi connectivity index (χ2v) is 15.2. The molecule has 248 valence electrons. The summed E-state index contributed by atoms with van der Waals surface area (Å²) in [5.41, 5.74) is 0. The van der Waals surface area contributed by atoms with E-state index in [9.17, 15) is 18.3 Å². The fraction of sp³-hybridized carbons (Fsp3) is 0.618. The first-order chi connectivity index (χ1) is 21.7. The normalized spacial score (nSPS) is 28.7. The molecule has 2 unspecified atom stereocenters. The zero-order chi connectivity index (χ0) is 31.6. The van der Waals surface area contributed by atoms with Gasteiger partial charge in [0.15, 0.2) is 12.6 Å². The molecule has 3 fully saturated rings. The number of nitrogens with one attached hydrogen (secondary N) is 1. The molecule has 2 saturated heterocycles. The summed E-state index contributed by atoms with van der Waals surface area (Å²) in [5.74, 6) is -0.613. The van der Waals surface area contributed by atoms with Crippen LogP contribution in [-0.4, -0.2) is 63.7 Å². The maximum Gasteiger partial charge on any atom is 0.233 e. The van der Waals surface area contributed by atoms with Crippen molar-refractivity contribution in [2.24, 2.45) is 11.8 Å². The summed E-state index contributed by atoms with van der Waals surface area (Å²) in [6.07, 6.45) is 16.2. The zero-order valence-corrected chi connectivity index (χ0v) is 27.7. The predicted octanol–water partition coefficient (Wildman–Crippen LogP) is 6.14. The lowest BCUT2D eigenvalue weighted by Gasteiger charge is -2.29. The number of amides is 1. The van der Waals surface area contributed by atoms with E-state index in [2.05, 4.69) is 42.5 Å². The fourth-order valence-electron chi connectivity index (χ4n) is 6.41. The number of aliphatic hydroxyl groups is 1. The molecule has 1 aliphatic carbocycles. The number of hydrogen-bond acceptors (Lipinski definition) is 9. The van der Waals surface area contributed by atoms with Crippen molar-refractivity contribution in [1.29, 1.82) is 0 Å². The largest absolute Gasteiger partial charge is 0.393 e. The lowest BCUT2D eigenvalue weighted by molar-refractivity contribution is -0.193. The van der Waals surface area contributed by atoms with Gasteiger partial charge in [-0.15, -0.1) is 11.3 Å². The topological polar surface area (TPSA) is 120 Å². The number of benzene rings is 1. The van der Waals surface area contributed by atoms with Crippen LogP contribution in [0.15, 0.2) is 54.6 Å². The molecule has 3 heterocycles. The predicted molar refractivity (Wildman–Crippen MR) is 175 cm³/mol. The van der Waals surface area contributed by atoms with Crippen molar-refractivity contribution < 1.29 is 37.3 Å². The third kappa shape index (κ3) is 10.4. The van der Waals surface area contributed by atoms with Crippen LogP contribution in [0.4, 0.5) is 0 Å². The van der Waals surface area contributed by atoms with Gasteiger partial charge < -0.3 is 24.1 Å². The number of hydrogen-bond donors (Lipinski definition) is 2. The highest BCUT2D eigenvalue weighted by Gasteiger charge is 2.42. The molecule has 45 heavy (non-hydrogen) atoms. The number of allylic oxidation sites excluding steroid dienone is 2. The molecule has 11 heteroatoms. The van der Waals surface area contributed by atoms with Gasteiger partial charge in [-0.05, 0) is 81.2 Å². The quantitative estimate of drug-likeness (QED) is 0.183. The summed E-state index contributed by atoms with van der Waals surface area (Å²) in [7, 11) is -3.54. The molecule has 1 saturated carbocycles. The van der Waals surface area contributed by atoms with Gasteiger partial charge in [-0.2, -0.15) is 0 Å². The van der Waals surface area contributed by atoms with Crippen LogP contribution < -0.4 is 4.72 Å². The van der Waals surface area contributed by atoms with Gasteiger partial charge in [0, 0.05) is 41.6 Å². The molecule has 2 N–H and O–H groups in total. The first-order valence-corrected chi connectivity index (χ1v) is 19.0. The Hall–Kier alpha value is -2.12. The molecule has 9 nitrogen and oxygen atoms in total. The molecular formula is C34H47NO8S2. The highest BCUT2D eigenvalue weighted by Crippen LogP contribution is 2.41. The monoisotopic (exact) mass is 661 g/mol. The van der Waals surface area contributed by atoms with Gasteiger partial charge in [0.05, 0.1) is 18.5 Å². The molecule has 2 aliphatic heterocycles. The van der Waals surface area contributed by atoms with Gasteiger partial charge in [-0.3, -0.25) is 9.52 Å². The lowest BCUT2D eigenvalue weighted by Crippen LogP contribution is -2.30. The molecule has 2 aromatic rings. The Morgan fingerprint density at radius 3 is 2.58 bits per heavy atom. The van der Waals surface area contributed by atoms with E-state index in [4.69, 9.17) is 18.9 Å². The number of aliphatic hydroxyl groups excluding tert-OH is 1. The van der Waals surface area contributed by atoms with Crippen LogP contribution in [0.5, 0.6) is 0 Å². The Balaban J connectivity index is 1.30. The van der Waals surface area contributed by atoms with Crippen LogP contribution >= 0.6 is 11.3 Å². The Kier molecular flexibility index (Phi) is 12.6. The third-order valence-corrected chi connectivity index (χ3v) is 10.5. The minimum absolute atomic E-state index is 0.0523. The van der Waals surface area contributed by atoms with Crippen molar-refractivity contribution in [2.75, 3.05) is 19.5 Å². The number of rotatable bonds is 14. The van der Waals surface area contributed by atoms with E-state index in [1.165, 1.54) is 10.1 Å². The maximum atomic E-state index is 11.8. The van der Waals surface area contributed by atoms with Crippen LogP contribution in [0.25, 0.3) is 10.1 Å². The van der Waals surface area contributed by atoms with Crippen molar-refractivity contribution in [2.45, 2.75) is 102 Å². The Morgan fingerprint density at radius 2 is 1.87 bits per heavy atom. The molecule has 0 spiro atoms. The fourth-order valence-corrected chi connectivity index (χ4v) is 8.01. The number of sulfonamides is 1. The van der Waals surface area contributed by atoms with Gasteiger partial charge in [0.1, 0.15) is 6.10 Å². The van der Waals surface area contributed by atoms with Crippen LogP contribution in [0, 0.1) is 11.8 Å². The summed E-state index contributed by atoms with van der Waals surface area (Å²) in [6, 6.07) is 10.5. The number of carbonyl (C=O) groups excluding carboxylic acids is 1. The Morgan fingerprint density at radius 1 is 1.11 bits per heavy atom.